The third-order valence-electron chi connectivity index (χ3n) is 3.78. The number of nitro groups is 1. The van der Waals surface area contributed by atoms with E-state index in [0.717, 1.165) is 29.3 Å². The van der Waals surface area contributed by atoms with Gasteiger partial charge >= 0.3 is 0 Å². The molecule has 1 fully saturated rings. The van der Waals surface area contributed by atoms with Crippen molar-refractivity contribution in [3.05, 3.63) is 37.4 Å². The molecule has 0 heterocycles. The molecule has 0 bridgehead atoms. The maximum atomic E-state index is 12.4. The Labute approximate surface area is 131 Å². The highest BCUT2D eigenvalue weighted by Gasteiger charge is 2.29. The van der Waals surface area contributed by atoms with Crippen LogP contribution in [0, 0.1) is 13.7 Å². The Morgan fingerprint density at radius 2 is 2.00 bits per heavy atom. The first-order valence-electron chi connectivity index (χ1n) is 6.68. The number of halogens is 1. The highest BCUT2D eigenvalue weighted by molar-refractivity contribution is 14.1. The molecule has 1 N–H and O–H groups in total. The van der Waals surface area contributed by atoms with Crippen LogP contribution in [0.15, 0.2) is 18.2 Å². The van der Waals surface area contributed by atoms with E-state index in [-0.39, 0.29) is 17.1 Å². The van der Waals surface area contributed by atoms with Crippen molar-refractivity contribution in [1.29, 1.82) is 0 Å². The Kier molecular flexibility index (Phi) is 4.62. The number of benzene rings is 1. The Morgan fingerprint density at radius 3 is 2.60 bits per heavy atom. The molecule has 1 saturated carbocycles. The number of hydrogen-bond acceptors (Lipinski definition) is 3. The lowest BCUT2D eigenvalue weighted by molar-refractivity contribution is -0.384. The zero-order valence-corrected chi connectivity index (χ0v) is 13.5. The number of hydrogen-bond donors (Lipinski definition) is 1. The van der Waals surface area contributed by atoms with Crippen LogP contribution in [-0.4, -0.2) is 16.4 Å². The molecule has 6 heteroatoms. The van der Waals surface area contributed by atoms with Crippen molar-refractivity contribution in [2.24, 2.45) is 0 Å². The fourth-order valence-electron chi connectivity index (χ4n) is 2.60. The van der Waals surface area contributed by atoms with E-state index in [2.05, 4.69) is 5.32 Å². The molecular weight excluding hydrogens is 371 g/mol. The van der Waals surface area contributed by atoms with E-state index in [4.69, 9.17) is 0 Å². The van der Waals surface area contributed by atoms with Crippen LogP contribution in [0.5, 0.6) is 0 Å². The summed E-state index contributed by atoms with van der Waals surface area (Å²) in [5, 5.41) is 13.9. The van der Waals surface area contributed by atoms with Gasteiger partial charge in [-0.05, 0) is 48.4 Å². The number of nitrogens with zero attached hydrogens (tertiary/aromatic N) is 1. The van der Waals surface area contributed by atoms with Crippen LogP contribution in [0.3, 0.4) is 0 Å². The number of non-ortho nitro benzene ring substituents is 1. The van der Waals surface area contributed by atoms with Gasteiger partial charge in [0.1, 0.15) is 0 Å². The van der Waals surface area contributed by atoms with Gasteiger partial charge in [0.05, 0.1) is 10.5 Å². The lowest BCUT2D eigenvalue weighted by atomic mass is 9.83. The third kappa shape index (κ3) is 3.47. The van der Waals surface area contributed by atoms with Gasteiger partial charge in [0.2, 0.25) is 0 Å². The lowest BCUT2D eigenvalue weighted by Crippen LogP contribution is -2.47. The molecule has 1 aliphatic rings. The van der Waals surface area contributed by atoms with E-state index in [9.17, 15) is 14.9 Å². The number of rotatable bonds is 3. The van der Waals surface area contributed by atoms with Gasteiger partial charge in [-0.15, -0.1) is 0 Å². The van der Waals surface area contributed by atoms with Crippen molar-refractivity contribution in [3.63, 3.8) is 0 Å². The topological polar surface area (TPSA) is 72.2 Å². The first-order valence-corrected chi connectivity index (χ1v) is 7.76. The summed E-state index contributed by atoms with van der Waals surface area (Å²) in [5.74, 6) is -0.220. The van der Waals surface area contributed by atoms with Crippen LogP contribution in [0.4, 0.5) is 5.69 Å². The van der Waals surface area contributed by atoms with E-state index in [0.29, 0.717) is 5.56 Å². The van der Waals surface area contributed by atoms with Crippen LogP contribution in [0.25, 0.3) is 0 Å². The number of carbonyl (C=O) groups excluding carboxylic acids is 1. The second-order valence-corrected chi connectivity index (χ2v) is 6.66. The molecule has 0 aliphatic heterocycles. The smallest absolute Gasteiger partial charge is 0.270 e. The SMILES string of the molecule is CC1(NC(=O)c2cc([N+](=O)[O-])ccc2I)CCCCC1. The van der Waals surface area contributed by atoms with Crippen LogP contribution in [0.1, 0.15) is 49.4 Å². The summed E-state index contributed by atoms with van der Waals surface area (Å²) >= 11 is 2.03. The van der Waals surface area contributed by atoms with Gasteiger partial charge < -0.3 is 5.32 Å². The minimum absolute atomic E-state index is 0.0515. The number of amides is 1. The first kappa shape index (κ1) is 15.2. The standard InChI is InChI=1S/C14H17IN2O3/c1-14(7-3-2-4-8-14)16-13(18)11-9-10(17(19)20)5-6-12(11)15/h5-6,9H,2-4,7-8H2,1H3,(H,16,18). The van der Waals surface area contributed by atoms with Gasteiger partial charge in [-0.3, -0.25) is 14.9 Å². The fourth-order valence-corrected chi connectivity index (χ4v) is 3.18. The first-order chi connectivity index (χ1) is 9.41. The summed E-state index contributed by atoms with van der Waals surface area (Å²) in [6, 6.07) is 4.38. The van der Waals surface area contributed by atoms with E-state index in [1.165, 1.54) is 18.6 Å². The van der Waals surface area contributed by atoms with Crippen molar-refractivity contribution in [2.45, 2.75) is 44.6 Å². The number of nitrogens with one attached hydrogen (secondary N) is 1. The molecule has 108 valence electrons. The Morgan fingerprint density at radius 1 is 1.35 bits per heavy atom. The molecule has 5 nitrogen and oxygen atoms in total. The van der Waals surface area contributed by atoms with Crippen LogP contribution in [0.2, 0.25) is 0 Å². The van der Waals surface area contributed by atoms with E-state index in [1.54, 1.807) is 6.07 Å². The molecule has 1 aromatic rings. The predicted octanol–water partition coefficient (Wildman–Crippen LogP) is 3.65. The molecule has 0 unspecified atom stereocenters. The zero-order chi connectivity index (χ0) is 14.8. The molecule has 0 radical (unpaired) electrons. The van der Waals surface area contributed by atoms with Gasteiger partial charge in [-0.25, -0.2) is 0 Å². The fraction of sp³-hybridized carbons (Fsp3) is 0.500. The van der Waals surface area contributed by atoms with Crippen molar-refractivity contribution in [1.82, 2.24) is 5.32 Å². The van der Waals surface area contributed by atoms with E-state index in [1.807, 2.05) is 29.5 Å². The Hall–Kier alpha value is -1.18. The Bertz CT molecular complexity index is 539. The number of carbonyl (C=O) groups is 1. The van der Waals surface area contributed by atoms with Crippen molar-refractivity contribution in [2.75, 3.05) is 0 Å². The van der Waals surface area contributed by atoms with Gasteiger partial charge in [-0.2, -0.15) is 0 Å². The van der Waals surface area contributed by atoms with Crippen molar-refractivity contribution in [3.8, 4) is 0 Å². The summed E-state index contributed by atoms with van der Waals surface area (Å²) in [6.07, 6.45) is 5.36. The highest BCUT2D eigenvalue weighted by Crippen LogP contribution is 2.28. The summed E-state index contributed by atoms with van der Waals surface area (Å²) in [7, 11) is 0. The van der Waals surface area contributed by atoms with Crippen LogP contribution >= 0.6 is 22.6 Å². The van der Waals surface area contributed by atoms with Crippen molar-refractivity contribution >= 4 is 34.2 Å². The molecule has 0 aromatic heterocycles. The monoisotopic (exact) mass is 388 g/mol. The number of nitro benzene ring substituents is 1. The molecular formula is C14H17IN2O3. The average Bonchev–Trinajstić information content (AvgIpc) is 2.39. The predicted molar refractivity (Wildman–Crippen MR) is 84.8 cm³/mol. The Balaban J connectivity index is 2.20. The van der Waals surface area contributed by atoms with Crippen LogP contribution in [-0.2, 0) is 0 Å². The second kappa shape index (κ2) is 6.07. The molecule has 1 amide bonds. The molecule has 0 spiro atoms. The van der Waals surface area contributed by atoms with Gasteiger partial charge in [0.25, 0.3) is 11.6 Å². The van der Waals surface area contributed by atoms with E-state index < -0.39 is 4.92 Å². The maximum Gasteiger partial charge on any atom is 0.270 e. The third-order valence-corrected chi connectivity index (χ3v) is 4.72. The highest BCUT2D eigenvalue weighted by atomic mass is 127. The summed E-state index contributed by atoms with van der Waals surface area (Å²) < 4.78 is 0.727. The largest absolute Gasteiger partial charge is 0.347 e. The maximum absolute atomic E-state index is 12.4. The minimum atomic E-state index is -0.477. The molecule has 0 saturated heterocycles. The average molecular weight is 388 g/mol. The summed E-state index contributed by atoms with van der Waals surface area (Å²) in [4.78, 5) is 22.7. The lowest BCUT2D eigenvalue weighted by Gasteiger charge is -2.34. The van der Waals surface area contributed by atoms with Crippen LogP contribution < -0.4 is 5.32 Å². The van der Waals surface area contributed by atoms with Gasteiger partial charge in [-0.1, -0.05) is 19.3 Å². The van der Waals surface area contributed by atoms with Gasteiger partial charge in [0, 0.05) is 21.2 Å². The van der Waals surface area contributed by atoms with Crippen molar-refractivity contribution < 1.29 is 9.72 Å². The molecule has 20 heavy (non-hydrogen) atoms. The molecule has 2 rings (SSSR count). The van der Waals surface area contributed by atoms with Gasteiger partial charge in [0.15, 0.2) is 0 Å². The summed E-state index contributed by atoms with van der Waals surface area (Å²) in [5.41, 5.74) is 0.138. The van der Waals surface area contributed by atoms with E-state index >= 15 is 0 Å². The molecule has 1 aromatic carbocycles. The molecule has 0 atom stereocenters. The normalized spacial score (nSPS) is 17.5. The molecule has 1 aliphatic carbocycles. The second-order valence-electron chi connectivity index (χ2n) is 5.50. The summed E-state index contributed by atoms with van der Waals surface area (Å²) in [6.45, 7) is 2.05. The zero-order valence-electron chi connectivity index (χ0n) is 11.3. The quantitative estimate of drug-likeness (QED) is 0.488. The minimum Gasteiger partial charge on any atom is -0.347 e.